The van der Waals surface area contributed by atoms with E-state index in [1.54, 1.807) is 0 Å². The van der Waals surface area contributed by atoms with Crippen molar-refractivity contribution in [3.05, 3.63) is 59.0 Å². The fourth-order valence-corrected chi connectivity index (χ4v) is 4.80. The van der Waals surface area contributed by atoms with E-state index in [1.807, 2.05) is 12.1 Å². The second kappa shape index (κ2) is 9.43. The van der Waals surface area contributed by atoms with Crippen LogP contribution >= 0.6 is 0 Å². The van der Waals surface area contributed by atoms with E-state index in [1.165, 1.54) is 11.3 Å². The Hall–Kier alpha value is -3.06. The first-order valence-corrected chi connectivity index (χ1v) is 11.9. The number of nitrogens with zero attached hydrogens (tertiary/aromatic N) is 3. The SMILES string of the molecule is CCN(CC)c1ccc(/C=C(\C#N)c2nc3cc(C(C)(C)CC(C)(C)C)ccc3o2)c(C)c1. The van der Waals surface area contributed by atoms with Gasteiger partial charge in [0.1, 0.15) is 17.2 Å². The van der Waals surface area contributed by atoms with Gasteiger partial charge in [-0.2, -0.15) is 5.26 Å². The summed E-state index contributed by atoms with van der Waals surface area (Å²) >= 11 is 0. The zero-order valence-corrected chi connectivity index (χ0v) is 21.4. The standard InChI is InChI=1S/C29H37N3O/c1-9-32(10-2)24-13-11-21(20(3)15-24)16-22(18-30)27-31-25-17-23(12-14-26(25)33-27)29(7,8)19-28(4,5)6/h11-17H,9-10,19H2,1-8H3/b22-16+. The average molecular weight is 444 g/mol. The molecule has 0 amide bonds. The van der Waals surface area contributed by atoms with E-state index in [0.717, 1.165) is 36.2 Å². The summed E-state index contributed by atoms with van der Waals surface area (Å²) in [4.78, 5) is 7.00. The van der Waals surface area contributed by atoms with Crippen molar-refractivity contribution in [2.45, 2.75) is 67.2 Å². The lowest BCUT2D eigenvalue weighted by Gasteiger charge is -2.32. The molecule has 0 unspecified atom stereocenters. The first-order valence-electron chi connectivity index (χ1n) is 11.9. The van der Waals surface area contributed by atoms with E-state index in [2.05, 4.69) is 102 Å². The largest absolute Gasteiger partial charge is 0.435 e. The van der Waals surface area contributed by atoms with Gasteiger partial charge in [-0.15, -0.1) is 0 Å². The predicted octanol–water partition coefficient (Wildman–Crippen LogP) is 7.76. The number of allylic oxidation sites excluding steroid dienone is 1. The Bertz CT molecular complexity index is 1200. The number of oxazole rings is 1. The highest BCUT2D eigenvalue weighted by atomic mass is 16.3. The van der Waals surface area contributed by atoms with Crippen molar-refractivity contribution < 1.29 is 4.42 Å². The van der Waals surface area contributed by atoms with Gasteiger partial charge in [0, 0.05) is 18.8 Å². The fraction of sp³-hybridized carbons (Fsp3) is 0.448. The average Bonchev–Trinajstić information content (AvgIpc) is 3.15. The topological polar surface area (TPSA) is 53.1 Å². The molecule has 0 saturated carbocycles. The normalized spacial score (nSPS) is 12.8. The van der Waals surface area contributed by atoms with Crippen LogP contribution in [0.5, 0.6) is 0 Å². The van der Waals surface area contributed by atoms with Gasteiger partial charge in [-0.1, -0.05) is 46.8 Å². The van der Waals surface area contributed by atoms with Gasteiger partial charge in [-0.3, -0.25) is 0 Å². The summed E-state index contributed by atoms with van der Waals surface area (Å²) in [5.74, 6) is 0.366. The maximum absolute atomic E-state index is 9.86. The van der Waals surface area contributed by atoms with Gasteiger partial charge in [0.2, 0.25) is 5.89 Å². The number of nitriles is 1. The van der Waals surface area contributed by atoms with Gasteiger partial charge < -0.3 is 9.32 Å². The van der Waals surface area contributed by atoms with Crippen molar-refractivity contribution in [2.75, 3.05) is 18.0 Å². The van der Waals surface area contributed by atoms with Gasteiger partial charge in [0.25, 0.3) is 0 Å². The number of rotatable bonds is 7. The summed E-state index contributed by atoms with van der Waals surface area (Å²) in [5.41, 5.74) is 6.71. The molecule has 3 aromatic rings. The maximum Gasteiger partial charge on any atom is 0.238 e. The Morgan fingerprint density at radius 2 is 1.76 bits per heavy atom. The van der Waals surface area contributed by atoms with Crippen LogP contribution in [0.2, 0.25) is 0 Å². The van der Waals surface area contributed by atoms with Crippen LogP contribution in [0.15, 0.2) is 40.8 Å². The first kappa shape index (κ1) is 24.6. The molecule has 0 aliphatic carbocycles. The molecule has 1 aromatic heterocycles. The monoisotopic (exact) mass is 443 g/mol. The zero-order valence-electron chi connectivity index (χ0n) is 21.4. The summed E-state index contributed by atoms with van der Waals surface area (Å²) in [6, 6.07) is 14.8. The van der Waals surface area contributed by atoms with Crippen molar-refractivity contribution in [1.82, 2.24) is 4.98 Å². The molecule has 0 atom stereocenters. The smallest absolute Gasteiger partial charge is 0.238 e. The van der Waals surface area contributed by atoms with Crippen molar-refractivity contribution >= 4 is 28.4 Å². The van der Waals surface area contributed by atoms with Crippen LogP contribution < -0.4 is 4.90 Å². The number of hydrogen-bond acceptors (Lipinski definition) is 4. The molecule has 0 spiro atoms. The third kappa shape index (κ3) is 5.66. The summed E-state index contributed by atoms with van der Waals surface area (Å²) < 4.78 is 5.99. The minimum atomic E-state index is 0.0170. The molecule has 1 heterocycles. The quantitative estimate of drug-likeness (QED) is 0.350. The number of aromatic nitrogens is 1. The fourth-order valence-electron chi connectivity index (χ4n) is 4.80. The Morgan fingerprint density at radius 3 is 2.33 bits per heavy atom. The molecule has 0 saturated heterocycles. The Kier molecular flexibility index (Phi) is 7.03. The molecular weight excluding hydrogens is 406 g/mol. The van der Waals surface area contributed by atoms with E-state index >= 15 is 0 Å². The molecule has 0 aliphatic heterocycles. The number of aryl methyl sites for hydroxylation is 1. The third-order valence-electron chi connectivity index (χ3n) is 6.17. The maximum atomic E-state index is 9.86. The molecular formula is C29H37N3O. The third-order valence-corrected chi connectivity index (χ3v) is 6.17. The minimum Gasteiger partial charge on any atom is -0.435 e. The van der Waals surface area contributed by atoms with Crippen LogP contribution in [-0.2, 0) is 5.41 Å². The van der Waals surface area contributed by atoms with Crippen LogP contribution in [0.4, 0.5) is 5.69 Å². The molecule has 3 rings (SSSR count). The minimum absolute atomic E-state index is 0.0170. The molecule has 4 heteroatoms. The highest BCUT2D eigenvalue weighted by molar-refractivity contribution is 5.89. The van der Waals surface area contributed by atoms with E-state index in [0.29, 0.717) is 17.0 Å². The Balaban J connectivity index is 1.96. The van der Waals surface area contributed by atoms with Gasteiger partial charge in [-0.25, -0.2) is 4.98 Å². The molecule has 0 N–H and O–H groups in total. The highest BCUT2D eigenvalue weighted by Crippen LogP contribution is 2.37. The van der Waals surface area contributed by atoms with E-state index in [4.69, 9.17) is 4.42 Å². The molecule has 33 heavy (non-hydrogen) atoms. The summed E-state index contributed by atoms with van der Waals surface area (Å²) in [6.07, 6.45) is 2.93. The van der Waals surface area contributed by atoms with E-state index < -0.39 is 0 Å². The van der Waals surface area contributed by atoms with Crippen molar-refractivity contribution in [3.8, 4) is 6.07 Å². The van der Waals surface area contributed by atoms with Crippen LogP contribution in [0.1, 0.15) is 77.5 Å². The van der Waals surface area contributed by atoms with Crippen molar-refractivity contribution in [1.29, 1.82) is 5.26 Å². The zero-order chi connectivity index (χ0) is 24.4. The van der Waals surface area contributed by atoms with Crippen LogP contribution in [0, 0.1) is 23.7 Å². The number of hydrogen-bond donors (Lipinski definition) is 0. The summed E-state index contributed by atoms with van der Waals surface area (Å²) in [7, 11) is 0. The first-order chi connectivity index (χ1) is 15.5. The van der Waals surface area contributed by atoms with Crippen LogP contribution in [-0.4, -0.2) is 18.1 Å². The molecule has 4 nitrogen and oxygen atoms in total. The molecule has 0 fully saturated rings. The molecule has 174 valence electrons. The Morgan fingerprint density at radius 1 is 1.06 bits per heavy atom. The van der Waals surface area contributed by atoms with Crippen molar-refractivity contribution in [3.63, 3.8) is 0 Å². The number of fused-ring (bicyclic) bond motifs is 1. The van der Waals surface area contributed by atoms with E-state index in [-0.39, 0.29) is 10.8 Å². The van der Waals surface area contributed by atoms with E-state index in [9.17, 15) is 5.26 Å². The lowest BCUT2D eigenvalue weighted by atomic mass is 9.72. The second-order valence-corrected chi connectivity index (χ2v) is 10.7. The summed E-state index contributed by atoms with van der Waals surface area (Å²) in [6.45, 7) is 19.7. The van der Waals surface area contributed by atoms with Gasteiger partial charge in [0.05, 0.1) is 0 Å². The van der Waals surface area contributed by atoms with Gasteiger partial charge in [-0.05, 0) is 85.1 Å². The molecule has 0 aliphatic rings. The lowest BCUT2D eigenvalue weighted by Crippen LogP contribution is -2.24. The highest BCUT2D eigenvalue weighted by Gasteiger charge is 2.28. The van der Waals surface area contributed by atoms with Crippen LogP contribution in [0.3, 0.4) is 0 Å². The summed E-state index contributed by atoms with van der Waals surface area (Å²) in [5, 5.41) is 9.86. The second-order valence-electron chi connectivity index (χ2n) is 10.7. The van der Waals surface area contributed by atoms with Crippen LogP contribution in [0.25, 0.3) is 22.7 Å². The Labute approximate surface area is 198 Å². The lowest BCUT2D eigenvalue weighted by molar-refractivity contribution is 0.284. The molecule has 0 radical (unpaired) electrons. The number of benzene rings is 2. The molecule has 0 bridgehead atoms. The predicted molar refractivity (Wildman–Crippen MR) is 139 cm³/mol. The van der Waals surface area contributed by atoms with Gasteiger partial charge >= 0.3 is 0 Å². The number of anilines is 1. The van der Waals surface area contributed by atoms with Gasteiger partial charge in [0.15, 0.2) is 5.58 Å². The van der Waals surface area contributed by atoms with Crippen molar-refractivity contribution in [2.24, 2.45) is 5.41 Å². The molecule has 2 aromatic carbocycles.